The van der Waals surface area contributed by atoms with Crippen molar-refractivity contribution in [2.75, 3.05) is 18.4 Å². The number of hydrogen-bond acceptors (Lipinski definition) is 6. The lowest BCUT2D eigenvalue weighted by atomic mass is 10.2. The van der Waals surface area contributed by atoms with Gasteiger partial charge in [0.05, 0.1) is 10.4 Å². The van der Waals surface area contributed by atoms with Crippen LogP contribution in [0.15, 0.2) is 24.5 Å². The van der Waals surface area contributed by atoms with E-state index < -0.39 is 4.92 Å². The van der Waals surface area contributed by atoms with Crippen LogP contribution in [0.3, 0.4) is 0 Å². The number of nitro groups is 1. The minimum atomic E-state index is -0.407. The molecule has 1 aromatic heterocycles. The molecule has 0 radical (unpaired) electrons. The zero-order valence-electron chi connectivity index (χ0n) is 11.6. The molecule has 7 nitrogen and oxygen atoms in total. The topological polar surface area (TPSA) is 93.0 Å². The Kier molecular flexibility index (Phi) is 3.92. The molecule has 1 aromatic carbocycles. The fourth-order valence-corrected chi connectivity index (χ4v) is 2.19. The first kappa shape index (κ1) is 13.7. The Morgan fingerprint density at radius 1 is 1.29 bits per heavy atom. The van der Waals surface area contributed by atoms with Crippen molar-refractivity contribution in [3.05, 3.63) is 34.6 Å². The van der Waals surface area contributed by atoms with E-state index in [4.69, 9.17) is 0 Å². The van der Waals surface area contributed by atoms with Crippen molar-refractivity contribution < 1.29 is 4.92 Å². The third-order valence-electron chi connectivity index (χ3n) is 3.49. The molecule has 7 heteroatoms. The van der Waals surface area contributed by atoms with Crippen LogP contribution in [0.2, 0.25) is 0 Å². The third kappa shape index (κ3) is 3.43. The second kappa shape index (κ2) is 6.01. The van der Waals surface area contributed by atoms with Crippen LogP contribution >= 0.6 is 0 Å². The zero-order chi connectivity index (χ0) is 14.7. The molecule has 0 saturated heterocycles. The quantitative estimate of drug-likeness (QED) is 0.460. The van der Waals surface area contributed by atoms with Crippen LogP contribution in [0.1, 0.15) is 19.3 Å². The number of nitrogens with zero attached hydrogens (tertiary/aromatic N) is 3. The smallest absolute Gasteiger partial charge is 0.270 e. The maximum atomic E-state index is 10.9. The lowest BCUT2D eigenvalue weighted by molar-refractivity contribution is -0.384. The molecule has 2 aromatic rings. The summed E-state index contributed by atoms with van der Waals surface area (Å²) in [5, 5.41) is 18.2. The van der Waals surface area contributed by atoms with Crippen molar-refractivity contribution in [3.8, 4) is 0 Å². The van der Waals surface area contributed by atoms with Gasteiger partial charge in [0.1, 0.15) is 12.1 Å². The molecule has 0 aliphatic heterocycles. The van der Waals surface area contributed by atoms with E-state index in [9.17, 15) is 10.1 Å². The standard InChI is InChI=1S/C14H17N5O2/c20-19(21)11-4-5-13-12(8-11)14(18-9-17-13)16-7-1-6-15-10-2-3-10/h4-5,8-10,15H,1-3,6-7H2,(H,16,17,18). The third-order valence-corrected chi connectivity index (χ3v) is 3.49. The molecule has 0 bridgehead atoms. The van der Waals surface area contributed by atoms with Gasteiger partial charge in [-0.25, -0.2) is 9.97 Å². The van der Waals surface area contributed by atoms with Crippen LogP contribution in [-0.2, 0) is 0 Å². The summed E-state index contributed by atoms with van der Waals surface area (Å²) in [5.74, 6) is 0.648. The second-order valence-electron chi connectivity index (χ2n) is 5.19. The molecule has 1 aliphatic rings. The van der Waals surface area contributed by atoms with E-state index in [1.165, 1.54) is 31.3 Å². The molecule has 1 fully saturated rings. The van der Waals surface area contributed by atoms with E-state index in [2.05, 4.69) is 20.6 Å². The number of benzene rings is 1. The van der Waals surface area contributed by atoms with Crippen molar-refractivity contribution in [1.82, 2.24) is 15.3 Å². The van der Waals surface area contributed by atoms with E-state index in [0.717, 1.165) is 19.5 Å². The van der Waals surface area contributed by atoms with Crippen molar-refractivity contribution in [1.29, 1.82) is 0 Å². The first-order valence-electron chi connectivity index (χ1n) is 7.10. The number of anilines is 1. The first-order chi connectivity index (χ1) is 10.2. The molecule has 110 valence electrons. The lowest BCUT2D eigenvalue weighted by Gasteiger charge is -2.08. The molecule has 0 unspecified atom stereocenters. The minimum Gasteiger partial charge on any atom is -0.369 e. The molecule has 1 heterocycles. The molecular weight excluding hydrogens is 270 g/mol. The van der Waals surface area contributed by atoms with Gasteiger partial charge in [0.2, 0.25) is 0 Å². The SMILES string of the molecule is O=[N+]([O-])c1ccc2ncnc(NCCCNC3CC3)c2c1. The van der Waals surface area contributed by atoms with Crippen LogP contribution in [0.25, 0.3) is 10.9 Å². The Bertz CT molecular complexity index is 657. The highest BCUT2D eigenvalue weighted by Gasteiger charge is 2.19. The molecule has 3 rings (SSSR count). The summed E-state index contributed by atoms with van der Waals surface area (Å²) in [4.78, 5) is 18.8. The summed E-state index contributed by atoms with van der Waals surface area (Å²) >= 11 is 0. The highest BCUT2D eigenvalue weighted by molar-refractivity contribution is 5.90. The van der Waals surface area contributed by atoms with Crippen LogP contribution in [0.4, 0.5) is 11.5 Å². The number of nitrogens with one attached hydrogen (secondary N) is 2. The van der Waals surface area contributed by atoms with Gasteiger partial charge in [-0.15, -0.1) is 0 Å². The van der Waals surface area contributed by atoms with Gasteiger partial charge in [0.15, 0.2) is 0 Å². The van der Waals surface area contributed by atoms with Gasteiger partial charge in [0, 0.05) is 30.1 Å². The average Bonchev–Trinajstić information content (AvgIpc) is 3.30. The van der Waals surface area contributed by atoms with Crippen LogP contribution < -0.4 is 10.6 Å². The van der Waals surface area contributed by atoms with E-state index in [1.54, 1.807) is 6.07 Å². The monoisotopic (exact) mass is 287 g/mol. The van der Waals surface area contributed by atoms with Crippen LogP contribution in [-0.4, -0.2) is 34.0 Å². The normalized spacial score (nSPS) is 14.3. The van der Waals surface area contributed by atoms with Crippen molar-refractivity contribution in [2.24, 2.45) is 0 Å². The van der Waals surface area contributed by atoms with Gasteiger partial charge in [-0.3, -0.25) is 10.1 Å². The van der Waals surface area contributed by atoms with E-state index >= 15 is 0 Å². The second-order valence-corrected chi connectivity index (χ2v) is 5.19. The minimum absolute atomic E-state index is 0.0516. The van der Waals surface area contributed by atoms with E-state index in [0.29, 0.717) is 22.8 Å². The average molecular weight is 287 g/mol. The Hall–Kier alpha value is -2.28. The molecule has 21 heavy (non-hydrogen) atoms. The van der Waals surface area contributed by atoms with Gasteiger partial charge in [-0.05, 0) is 31.9 Å². The van der Waals surface area contributed by atoms with Gasteiger partial charge in [-0.1, -0.05) is 0 Å². The first-order valence-corrected chi connectivity index (χ1v) is 7.10. The Balaban J connectivity index is 1.67. The fourth-order valence-electron chi connectivity index (χ4n) is 2.19. The lowest BCUT2D eigenvalue weighted by Crippen LogP contribution is -2.20. The predicted octanol–water partition coefficient (Wildman–Crippen LogP) is 2.09. The van der Waals surface area contributed by atoms with Crippen molar-refractivity contribution in [2.45, 2.75) is 25.3 Å². The highest BCUT2D eigenvalue weighted by Crippen LogP contribution is 2.24. The Morgan fingerprint density at radius 2 is 2.14 bits per heavy atom. The van der Waals surface area contributed by atoms with Gasteiger partial charge in [0.25, 0.3) is 5.69 Å². The number of nitro benzene ring substituents is 1. The summed E-state index contributed by atoms with van der Waals surface area (Å²) in [5.41, 5.74) is 0.755. The maximum Gasteiger partial charge on any atom is 0.270 e. The van der Waals surface area contributed by atoms with Crippen molar-refractivity contribution >= 4 is 22.4 Å². The summed E-state index contributed by atoms with van der Waals surface area (Å²) in [6, 6.07) is 5.33. The van der Waals surface area contributed by atoms with Gasteiger partial charge < -0.3 is 10.6 Å². The Morgan fingerprint density at radius 3 is 2.90 bits per heavy atom. The molecule has 2 N–H and O–H groups in total. The molecule has 1 aliphatic carbocycles. The Labute approximate surface area is 121 Å². The van der Waals surface area contributed by atoms with Crippen LogP contribution in [0, 0.1) is 10.1 Å². The molecule has 0 amide bonds. The summed E-state index contributed by atoms with van der Waals surface area (Å²) in [7, 11) is 0. The van der Waals surface area contributed by atoms with Crippen LogP contribution in [0.5, 0.6) is 0 Å². The summed E-state index contributed by atoms with van der Waals surface area (Å²) < 4.78 is 0. The number of hydrogen-bond donors (Lipinski definition) is 2. The molecule has 0 atom stereocenters. The highest BCUT2D eigenvalue weighted by atomic mass is 16.6. The number of rotatable bonds is 7. The predicted molar refractivity (Wildman–Crippen MR) is 80.3 cm³/mol. The zero-order valence-corrected chi connectivity index (χ0v) is 11.6. The maximum absolute atomic E-state index is 10.9. The van der Waals surface area contributed by atoms with E-state index in [1.807, 2.05) is 0 Å². The van der Waals surface area contributed by atoms with E-state index in [-0.39, 0.29) is 5.69 Å². The number of non-ortho nitro benzene ring substituents is 1. The van der Waals surface area contributed by atoms with Gasteiger partial charge in [-0.2, -0.15) is 0 Å². The molecular formula is C14H17N5O2. The number of aromatic nitrogens is 2. The molecule has 0 spiro atoms. The van der Waals surface area contributed by atoms with Gasteiger partial charge >= 0.3 is 0 Å². The fraction of sp³-hybridized carbons (Fsp3) is 0.429. The number of fused-ring (bicyclic) bond motifs is 1. The van der Waals surface area contributed by atoms with Crippen molar-refractivity contribution in [3.63, 3.8) is 0 Å². The summed E-state index contributed by atoms with van der Waals surface area (Å²) in [6.07, 6.45) is 5.02. The largest absolute Gasteiger partial charge is 0.369 e. The molecule has 1 saturated carbocycles. The summed E-state index contributed by atoms with van der Waals surface area (Å²) in [6.45, 7) is 1.75.